The number of sulfonamides is 1. The number of ether oxygens (including phenoxy) is 1. The lowest BCUT2D eigenvalue weighted by Crippen LogP contribution is -2.23. The maximum absolute atomic E-state index is 12.3. The summed E-state index contributed by atoms with van der Waals surface area (Å²) in [6.45, 7) is 0.135. The Morgan fingerprint density at radius 3 is 2.40 bits per heavy atom. The quantitative estimate of drug-likeness (QED) is 0.841. The predicted molar refractivity (Wildman–Crippen MR) is 85.6 cm³/mol. The highest BCUT2D eigenvalue weighted by Crippen LogP contribution is 2.23. The molecule has 0 bridgehead atoms. The molecule has 0 spiro atoms. The van der Waals surface area contributed by atoms with E-state index in [0.29, 0.717) is 5.56 Å². The summed E-state index contributed by atoms with van der Waals surface area (Å²) in [6, 6.07) is 8.86. The SMILES string of the molecule is CN(C)S(=O)(=O)c1ccccc1CNc1ccc(OC(F)(F)F)cn1. The van der Waals surface area contributed by atoms with Crippen LogP contribution in [-0.4, -0.2) is 38.2 Å². The number of pyridine rings is 1. The molecule has 1 N–H and O–H groups in total. The van der Waals surface area contributed by atoms with Gasteiger partial charge in [0.25, 0.3) is 0 Å². The predicted octanol–water partition coefficient (Wildman–Crippen LogP) is 2.84. The molecule has 25 heavy (non-hydrogen) atoms. The van der Waals surface area contributed by atoms with Crippen LogP contribution in [0.25, 0.3) is 0 Å². The number of halogens is 3. The fraction of sp³-hybridized carbons (Fsp3) is 0.267. The number of benzene rings is 1. The van der Waals surface area contributed by atoms with Crippen molar-refractivity contribution in [3.05, 3.63) is 48.2 Å². The van der Waals surface area contributed by atoms with Gasteiger partial charge in [0.05, 0.1) is 11.1 Å². The Hall–Kier alpha value is -2.33. The second kappa shape index (κ2) is 7.28. The highest BCUT2D eigenvalue weighted by atomic mass is 32.2. The van der Waals surface area contributed by atoms with Crippen molar-refractivity contribution in [1.82, 2.24) is 9.29 Å². The van der Waals surface area contributed by atoms with Crippen molar-refractivity contribution >= 4 is 15.8 Å². The topological polar surface area (TPSA) is 71.5 Å². The molecule has 0 saturated carbocycles. The Bertz CT molecular complexity index is 822. The largest absolute Gasteiger partial charge is 0.573 e. The first-order chi connectivity index (χ1) is 11.6. The molecule has 0 aliphatic heterocycles. The van der Waals surface area contributed by atoms with E-state index >= 15 is 0 Å². The molecule has 1 heterocycles. The number of nitrogens with zero attached hydrogens (tertiary/aromatic N) is 2. The number of aromatic nitrogens is 1. The molecular weight excluding hydrogens is 359 g/mol. The monoisotopic (exact) mass is 375 g/mol. The van der Waals surface area contributed by atoms with Crippen LogP contribution >= 0.6 is 0 Å². The average Bonchev–Trinajstić information content (AvgIpc) is 2.53. The van der Waals surface area contributed by atoms with Crippen molar-refractivity contribution in [2.45, 2.75) is 17.8 Å². The van der Waals surface area contributed by atoms with Crippen molar-refractivity contribution < 1.29 is 26.3 Å². The summed E-state index contributed by atoms with van der Waals surface area (Å²) in [4.78, 5) is 3.95. The fourth-order valence-corrected chi connectivity index (χ4v) is 3.08. The van der Waals surface area contributed by atoms with Crippen LogP contribution in [0.15, 0.2) is 47.5 Å². The fourth-order valence-electron chi connectivity index (χ4n) is 1.96. The third-order valence-corrected chi connectivity index (χ3v) is 5.08. The molecular formula is C15H16F3N3O3S. The van der Waals surface area contributed by atoms with E-state index in [1.54, 1.807) is 18.2 Å². The minimum absolute atomic E-state index is 0.135. The van der Waals surface area contributed by atoms with E-state index in [1.165, 1.54) is 26.2 Å². The molecule has 0 aliphatic rings. The van der Waals surface area contributed by atoms with E-state index in [0.717, 1.165) is 16.6 Å². The summed E-state index contributed by atoms with van der Waals surface area (Å²) in [7, 11) is -0.749. The maximum atomic E-state index is 12.3. The van der Waals surface area contributed by atoms with Gasteiger partial charge in [-0.25, -0.2) is 17.7 Å². The zero-order chi connectivity index (χ0) is 18.7. The van der Waals surface area contributed by atoms with E-state index in [4.69, 9.17) is 0 Å². The number of hydrogen-bond donors (Lipinski definition) is 1. The van der Waals surface area contributed by atoms with Crippen LogP contribution in [0.2, 0.25) is 0 Å². The number of hydrogen-bond acceptors (Lipinski definition) is 5. The second-order valence-electron chi connectivity index (χ2n) is 5.18. The average molecular weight is 375 g/mol. The number of anilines is 1. The minimum Gasteiger partial charge on any atom is -0.404 e. The summed E-state index contributed by atoms with van der Waals surface area (Å²) >= 11 is 0. The first-order valence-electron chi connectivity index (χ1n) is 7.06. The summed E-state index contributed by atoms with van der Waals surface area (Å²) in [6.07, 6.45) is -3.85. The van der Waals surface area contributed by atoms with Crippen LogP contribution in [0, 0.1) is 0 Å². The Labute approximate surface area is 143 Å². The molecule has 2 aromatic rings. The van der Waals surface area contributed by atoms with Gasteiger partial charge in [-0.3, -0.25) is 0 Å². The molecule has 136 valence electrons. The van der Waals surface area contributed by atoms with E-state index in [-0.39, 0.29) is 17.3 Å². The van der Waals surface area contributed by atoms with Gasteiger partial charge in [0.1, 0.15) is 11.6 Å². The molecule has 0 atom stereocenters. The molecule has 1 aromatic carbocycles. The molecule has 0 unspecified atom stereocenters. The van der Waals surface area contributed by atoms with Gasteiger partial charge >= 0.3 is 6.36 Å². The van der Waals surface area contributed by atoms with Crippen LogP contribution in [0.3, 0.4) is 0 Å². The molecule has 0 saturated heterocycles. The molecule has 6 nitrogen and oxygen atoms in total. The lowest BCUT2D eigenvalue weighted by molar-refractivity contribution is -0.274. The smallest absolute Gasteiger partial charge is 0.404 e. The summed E-state index contributed by atoms with van der Waals surface area (Å²) in [5.74, 6) is -0.153. The summed E-state index contributed by atoms with van der Waals surface area (Å²) < 4.78 is 65.8. The Kier molecular flexibility index (Phi) is 5.53. The first-order valence-corrected chi connectivity index (χ1v) is 8.50. The summed E-state index contributed by atoms with van der Waals surface area (Å²) in [5, 5.41) is 2.87. The van der Waals surface area contributed by atoms with Crippen LogP contribution in [-0.2, 0) is 16.6 Å². The first kappa shape index (κ1) is 19.0. The minimum atomic E-state index is -4.78. The second-order valence-corrected chi connectivity index (χ2v) is 7.30. The molecule has 0 radical (unpaired) electrons. The lowest BCUT2D eigenvalue weighted by atomic mass is 10.2. The molecule has 10 heteroatoms. The zero-order valence-corrected chi connectivity index (χ0v) is 14.2. The van der Waals surface area contributed by atoms with Gasteiger partial charge in [0.15, 0.2) is 0 Å². The highest BCUT2D eigenvalue weighted by molar-refractivity contribution is 7.89. The molecule has 0 fully saturated rings. The van der Waals surface area contributed by atoms with Crippen molar-refractivity contribution in [3.63, 3.8) is 0 Å². The highest BCUT2D eigenvalue weighted by Gasteiger charge is 2.31. The maximum Gasteiger partial charge on any atom is 0.573 e. The van der Waals surface area contributed by atoms with E-state index in [1.807, 2.05) is 0 Å². The number of nitrogens with one attached hydrogen (secondary N) is 1. The van der Waals surface area contributed by atoms with Crippen LogP contribution in [0.5, 0.6) is 5.75 Å². The van der Waals surface area contributed by atoms with Crippen LogP contribution < -0.4 is 10.1 Å². The third kappa shape index (κ3) is 5.07. The van der Waals surface area contributed by atoms with E-state index in [2.05, 4.69) is 15.0 Å². The van der Waals surface area contributed by atoms with Gasteiger partial charge in [-0.15, -0.1) is 13.2 Å². The molecule has 0 amide bonds. The van der Waals surface area contributed by atoms with Gasteiger partial charge in [-0.1, -0.05) is 18.2 Å². The molecule has 2 rings (SSSR count). The summed E-state index contributed by atoms with van der Waals surface area (Å²) in [5.41, 5.74) is 0.508. The van der Waals surface area contributed by atoms with Gasteiger partial charge < -0.3 is 10.1 Å². The lowest BCUT2D eigenvalue weighted by Gasteiger charge is -2.15. The zero-order valence-electron chi connectivity index (χ0n) is 13.4. The number of alkyl halides is 3. The standard InChI is InChI=1S/C15H16F3N3O3S/c1-21(2)25(22,23)13-6-4-3-5-11(13)9-19-14-8-7-12(10-20-14)24-15(16,17)18/h3-8,10H,9H2,1-2H3,(H,19,20). The van der Waals surface area contributed by atoms with E-state index < -0.39 is 22.1 Å². The van der Waals surface area contributed by atoms with Gasteiger partial charge in [0.2, 0.25) is 10.0 Å². The van der Waals surface area contributed by atoms with Gasteiger partial charge in [0, 0.05) is 20.6 Å². The van der Waals surface area contributed by atoms with Crippen molar-refractivity contribution in [2.75, 3.05) is 19.4 Å². The Morgan fingerprint density at radius 2 is 1.84 bits per heavy atom. The van der Waals surface area contributed by atoms with Crippen molar-refractivity contribution in [2.24, 2.45) is 0 Å². The van der Waals surface area contributed by atoms with Gasteiger partial charge in [-0.2, -0.15) is 0 Å². The normalized spacial score (nSPS) is 12.2. The van der Waals surface area contributed by atoms with Crippen LogP contribution in [0.4, 0.5) is 19.0 Å². The Morgan fingerprint density at radius 1 is 1.16 bits per heavy atom. The molecule has 1 aromatic heterocycles. The Balaban J connectivity index is 2.12. The van der Waals surface area contributed by atoms with Crippen LogP contribution in [0.1, 0.15) is 5.56 Å². The third-order valence-electron chi connectivity index (χ3n) is 3.16. The van der Waals surface area contributed by atoms with Crippen molar-refractivity contribution in [3.8, 4) is 5.75 Å². The van der Waals surface area contributed by atoms with Crippen molar-refractivity contribution in [1.29, 1.82) is 0 Å². The van der Waals surface area contributed by atoms with Gasteiger partial charge in [-0.05, 0) is 23.8 Å². The van der Waals surface area contributed by atoms with E-state index in [9.17, 15) is 21.6 Å². The molecule has 0 aliphatic carbocycles. The number of rotatable bonds is 6.